The molecule has 1 aliphatic carbocycles. The highest BCUT2D eigenvalue weighted by Gasteiger charge is 2.38. The normalized spacial score (nSPS) is 20.5. The SMILES string of the molecule is COc1cccc(OC)c1-c1cc(C(=O)N[C@@H](CCC(C)C)CC(=O)O)nn1C1CC(C)C1C. The Morgan fingerprint density at radius 3 is 2.32 bits per heavy atom. The molecular weight excluding hydrogens is 434 g/mol. The molecule has 2 N–H and O–H groups in total. The molecule has 1 aromatic heterocycles. The largest absolute Gasteiger partial charge is 0.496 e. The quantitative estimate of drug-likeness (QED) is 0.488. The maximum atomic E-state index is 13.2. The highest BCUT2D eigenvalue weighted by atomic mass is 16.5. The first-order valence-electron chi connectivity index (χ1n) is 12.0. The fourth-order valence-electron chi connectivity index (χ4n) is 4.59. The first-order valence-corrected chi connectivity index (χ1v) is 12.0. The number of ether oxygens (including phenoxy) is 2. The molecule has 2 aromatic rings. The van der Waals surface area contributed by atoms with Crippen LogP contribution in [0.4, 0.5) is 0 Å². The van der Waals surface area contributed by atoms with E-state index >= 15 is 0 Å². The molecule has 1 aromatic carbocycles. The molecule has 34 heavy (non-hydrogen) atoms. The third kappa shape index (κ3) is 5.54. The number of carboxylic acid groups (broad SMARTS) is 1. The first kappa shape index (κ1) is 25.6. The summed E-state index contributed by atoms with van der Waals surface area (Å²) >= 11 is 0. The number of benzene rings is 1. The molecule has 1 fully saturated rings. The number of carboxylic acids is 1. The second-order valence-corrected chi connectivity index (χ2v) is 9.78. The van der Waals surface area contributed by atoms with E-state index in [2.05, 4.69) is 33.0 Å². The van der Waals surface area contributed by atoms with Crippen LogP contribution in [0.2, 0.25) is 0 Å². The summed E-state index contributed by atoms with van der Waals surface area (Å²) in [5.41, 5.74) is 1.75. The van der Waals surface area contributed by atoms with Crippen LogP contribution >= 0.6 is 0 Å². The summed E-state index contributed by atoms with van der Waals surface area (Å²) < 4.78 is 13.2. The lowest BCUT2D eigenvalue weighted by molar-refractivity contribution is -0.137. The number of carbonyl (C=O) groups is 2. The van der Waals surface area contributed by atoms with Gasteiger partial charge in [-0.15, -0.1) is 0 Å². The molecule has 3 unspecified atom stereocenters. The smallest absolute Gasteiger partial charge is 0.305 e. The Bertz CT molecular complexity index is 994. The Balaban J connectivity index is 1.99. The zero-order valence-corrected chi connectivity index (χ0v) is 21.0. The van der Waals surface area contributed by atoms with Crippen LogP contribution < -0.4 is 14.8 Å². The van der Waals surface area contributed by atoms with E-state index in [-0.39, 0.29) is 24.1 Å². The van der Waals surface area contributed by atoms with Crippen molar-refractivity contribution in [2.75, 3.05) is 14.2 Å². The zero-order chi connectivity index (χ0) is 25.0. The average molecular weight is 472 g/mol. The standard InChI is InChI=1S/C26H37N3O5/c1-15(2)10-11-18(13-24(30)31)27-26(32)19-14-21(29(28-19)20-12-16(3)17(20)4)25-22(33-5)8-7-9-23(25)34-6/h7-9,14-18,20H,10-13H2,1-6H3,(H,27,32)(H,30,31)/t16?,17?,18-,20?/m0/s1. The maximum Gasteiger partial charge on any atom is 0.305 e. The number of hydrogen-bond acceptors (Lipinski definition) is 5. The van der Waals surface area contributed by atoms with Gasteiger partial charge in [-0.25, -0.2) is 0 Å². The van der Waals surface area contributed by atoms with E-state index in [4.69, 9.17) is 14.6 Å². The molecule has 0 bridgehead atoms. The Morgan fingerprint density at radius 2 is 1.82 bits per heavy atom. The molecule has 8 nitrogen and oxygen atoms in total. The molecule has 0 radical (unpaired) electrons. The number of hydrogen-bond donors (Lipinski definition) is 2. The Hall–Kier alpha value is -3.03. The van der Waals surface area contributed by atoms with Crippen LogP contribution in [0, 0.1) is 17.8 Å². The van der Waals surface area contributed by atoms with E-state index in [0.717, 1.165) is 24.1 Å². The molecule has 8 heteroatoms. The minimum atomic E-state index is -0.934. The van der Waals surface area contributed by atoms with Gasteiger partial charge in [0.1, 0.15) is 11.5 Å². The summed E-state index contributed by atoms with van der Waals surface area (Å²) in [4.78, 5) is 24.6. The highest BCUT2D eigenvalue weighted by Crippen LogP contribution is 2.47. The summed E-state index contributed by atoms with van der Waals surface area (Å²) in [6, 6.07) is 7.02. The second-order valence-electron chi connectivity index (χ2n) is 9.78. The lowest BCUT2D eigenvalue weighted by Gasteiger charge is -2.41. The molecule has 3 rings (SSSR count). The number of rotatable bonds is 11. The molecule has 0 spiro atoms. The van der Waals surface area contributed by atoms with E-state index in [9.17, 15) is 14.7 Å². The van der Waals surface area contributed by atoms with Crippen LogP contribution in [0.5, 0.6) is 11.5 Å². The molecule has 4 atom stereocenters. The molecule has 186 valence electrons. The lowest BCUT2D eigenvalue weighted by Crippen LogP contribution is -2.38. The van der Waals surface area contributed by atoms with Crippen LogP contribution in [0.1, 0.15) is 69.9 Å². The van der Waals surface area contributed by atoms with Crippen molar-refractivity contribution in [1.29, 1.82) is 0 Å². The van der Waals surface area contributed by atoms with Crippen molar-refractivity contribution in [3.8, 4) is 22.8 Å². The van der Waals surface area contributed by atoms with Crippen LogP contribution in [-0.2, 0) is 4.79 Å². The van der Waals surface area contributed by atoms with Crippen LogP contribution in [0.15, 0.2) is 24.3 Å². The predicted octanol–water partition coefficient (Wildman–Crippen LogP) is 4.79. The average Bonchev–Trinajstić information content (AvgIpc) is 3.23. The molecule has 0 saturated heterocycles. The number of aromatic nitrogens is 2. The van der Waals surface area contributed by atoms with Gasteiger partial charge in [-0.2, -0.15) is 5.10 Å². The van der Waals surface area contributed by atoms with E-state index in [0.29, 0.717) is 35.7 Å². The minimum absolute atomic E-state index is 0.121. The summed E-state index contributed by atoms with van der Waals surface area (Å²) in [6.45, 7) is 8.56. The van der Waals surface area contributed by atoms with Crippen molar-refractivity contribution in [3.05, 3.63) is 30.0 Å². The van der Waals surface area contributed by atoms with E-state index in [1.807, 2.05) is 22.9 Å². The summed E-state index contributed by atoms with van der Waals surface area (Å²) in [5, 5.41) is 16.9. The van der Waals surface area contributed by atoms with Gasteiger partial charge in [0.25, 0.3) is 5.91 Å². The Morgan fingerprint density at radius 1 is 1.18 bits per heavy atom. The number of aliphatic carboxylic acids is 1. The highest BCUT2D eigenvalue weighted by molar-refractivity contribution is 5.94. The third-order valence-electron chi connectivity index (χ3n) is 6.93. The number of nitrogens with zero attached hydrogens (tertiary/aromatic N) is 2. The molecule has 1 saturated carbocycles. The first-order chi connectivity index (χ1) is 16.2. The second kappa shape index (κ2) is 10.9. The molecule has 1 heterocycles. The summed E-state index contributed by atoms with van der Waals surface area (Å²) in [5.74, 6) is 1.34. The molecule has 0 aliphatic heterocycles. The van der Waals surface area contributed by atoms with Crippen LogP contribution in [-0.4, -0.2) is 47.0 Å². The molecule has 1 aliphatic rings. The summed E-state index contributed by atoms with van der Waals surface area (Å²) in [6.07, 6.45) is 2.27. The van der Waals surface area contributed by atoms with Gasteiger partial charge in [0.2, 0.25) is 0 Å². The van der Waals surface area contributed by atoms with Gasteiger partial charge in [0.15, 0.2) is 5.69 Å². The Kier molecular flexibility index (Phi) is 8.23. The summed E-state index contributed by atoms with van der Waals surface area (Å²) in [7, 11) is 3.21. The molecular formula is C26H37N3O5. The number of carbonyl (C=O) groups excluding carboxylic acids is 1. The number of methoxy groups -OCH3 is 2. The van der Waals surface area contributed by atoms with Gasteiger partial charge in [-0.1, -0.05) is 33.8 Å². The zero-order valence-electron chi connectivity index (χ0n) is 21.0. The number of nitrogens with one attached hydrogen (secondary N) is 1. The van der Waals surface area contributed by atoms with Crippen molar-refractivity contribution in [2.45, 2.75) is 65.5 Å². The maximum absolute atomic E-state index is 13.2. The van der Waals surface area contributed by atoms with E-state index < -0.39 is 12.0 Å². The van der Waals surface area contributed by atoms with Crippen LogP contribution in [0.25, 0.3) is 11.3 Å². The topological polar surface area (TPSA) is 103 Å². The van der Waals surface area contributed by atoms with Crippen molar-refractivity contribution in [2.24, 2.45) is 17.8 Å². The van der Waals surface area contributed by atoms with Gasteiger partial charge < -0.3 is 19.9 Å². The van der Waals surface area contributed by atoms with Gasteiger partial charge in [0.05, 0.1) is 37.9 Å². The third-order valence-corrected chi connectivity index (χ3v) is 6.93. The van der Waals surface area contributed by atoms with Gasteiger partial charge in [0, 0.05) is 6.04 Å². The van der Waals surface area contributed by atoms with Gasteiger partial charge in [-0.05, 0) is 55.2 Å². The monoisotopic (exact) mass is 471 g/mol. The van der Waals surface area contributed by atoms with Crippen LogP contribution in [0.3, 0.4) is 0 Å². The van der Waals surface area contributed by atoms with Crippen molar-refractivity contribution in [1.82, 2.24) is 15.1 Å². The fraction of sp³-hybridized carbons (Fsp3) is 0.577. The molecule has 1 amide bonds. The minimum Gasteiger partial charge on any atom is -0.496 e. The van der Waals surface area contributed by atoms with Crippen molar-refractivity contribution < 1.29 is 24.2 Å². The van der Waals surface area contributed by atoms with Crippen molar-refractivity contribution >= 4 is 11.9 Å². The van der Waals surface area contributed by atoms with E-state index in [1.54, 1.807) is 20.3 Å². The van der Waals surface area contributed by atoms with E-state index in [1.165, 1.54) is 0 Å². The van der Waals surface area contributed by atoms with Gasteiger partial charge in [-0.3, -0.25) is 14.3 Å². The fourth-order valence-corrected chi connectivity index (χ4v) is 4.59. The van der Waals surface area contributed by atoms with Gasteiger partial charge >= 0.3 is 5.97 Å². The van der Waals surface area contributed by atoms with Crippen molar-refractivity contribution in [3.63, 3.8) is 0 Å². The predicted molar refractivity (Wildman–Crippen MR) is 130 cm³/mol. The number of amides is 1. The Labute approximate surface area is 201 Å². The lowest BCUT2D eigenvalue weighted by atomic mass is 9.71.